The van der Waals surface area contributed by atoms with Crippen molar-refractivity contribution in [3.63, 3.8) is 0 Å². The summed E-state index contributed by atoms with van der Waals surface area (Å²) in [6.45, 7) is 3.61. The summed E-state index contributed by atoms with van der Waals surface area (Å²) in [4.78, 5) is 9.10. The first-order valence-electron chi connectivity index (χ1n) is 9.79. The van der Waals surface area contributed by atoms with Gasteiger partial charge in [-0.15, -0.1) is 24.0 Å². The van der Waals surface area contributed by atoms with Crippen LogP contribution in [-0.4, -0.2) is 33.3 Å². The smallest absolute Gasteiger partial charge is 0.192 e. The third-order valence-corrected chi connectivity index (χ3v) is 5.01. The van der Waals surface area contributed by atoms with Gasteiger partial charge >= 0.3 is 0 Å². The van der Waals surface area contributed by atoms with Crippen molar-refractivity contribution < 1.29 is 4.42 Å². The highest BCUT2D eigenvalue weighted by molar-refractivity contribution is 14.0. The molecule has 0 fully saturated rings. The number of hydrogen-bond acceptors (Lipinski definition) is 4. The van der Waals surface area contributed by atoms with Crippen LogP contribution in [0.4, 0.5) is 0 Å². The lowest BCUT2D eigenvalue weighted by Crippen LogP contribution is -2.47. The fourth-order valence-corrected chi connectivity index (χ4v) is 3.44. The van der Waals surface area contributed by atoms with Gasteiger partial charge in [0.05, 0.1) is 18.8 Å². The van der Waals surface area contributed by atoms with E-state index in [4.69, 9.17) is 9.41 Å². The van der Waals surface area contributed by atoms with Gasteiger partial charge in [-0.1, -0.05) is 30.3 Å². The molecule has 1 aromatic carbocycles. The third kappa shape index (κ3) is 5.81. The number of hydrogen-bond donors (Lipinski definition) is 2. The van der Waals surface area contributed by atoms with Crippen LogP contribution < -0.4 is 10.6 Å². The zero-order valence-electron chi connectivity index (χ0n) is 16.5. The summed E-state index contributed by atoms with van der Waals surface area (Å²) in [6.07, 6.45) is 6.04. The number of aliphatic imine (C=N–C) groups is 1. The van der Waals surface area contributed by atoms with Crippen LogP contribution in [0, 0.1) is 0 Å². The molecule has 0 amide bonds. The van der Waals surface area contributed by atoms with Gasteiger partial charge in [0.1, 0.15) is 17.9 Å². The second-order valence-corrected chi connectivity index (χ2v) is 7.07. The first-order valence-corrected chi connectivity index (χ1v) is 9.79. The van der Waals surface area contributed by atoms with Crippen molar-refractivity contribution in [2.24, 2.45) is 4.99 Å². The number of aromatic nitrogens is 3. The van der Waals surface area contributed by atoms with Crippen LogP contribution >= 0.6 is 24.0 Å². The highest BCUT2D eigenvalue weighted by Crippen LogP contribution is 2.13. The molecule has 2 aromatic heterocycles. The van der Waals surface area contributed by atoms with Crippen molar-refractivity contribution >= 4 is 29.9 Å². The SMILES string of the molecule is CC(NC(=NCCc1ccco1)NC1CCc2ncnn2C1)c1ccccc1.I. The van der Waals surface area contributed by atoms with E-state index < -0.39 is 0 Å². The van der Waals surface area contributed by atoms with Crippen molar-refractivity contribution in [3.05, 3.63) is 72.2 Å². The largest absolute Gasteiger partial charge is 0.469 e. The molecule has 4 rings (SSSR count). The Hall–Kier alpha value is -2.36. The molecule has 2 unspecified atom stereocenters. The Morgan fingerprint density at radius 2 is 2.14 bits per heavy atom. The van der Waals surface area contributed by atoms with Gasteiger partial charge in [0.25, 0.3) is 0 Å². The number of nitrogens with one attached hydrogen (secondary N) is 2. The Morgan fingerprint density at radius 1 is 1.28 bits per heavy atom. The van der Waals surface area contributed by atoms with Crippen molar-refractivity contribution in [2.45, 2.75) is 44.8 Å². The Balaban J connectivity index is 0.00000240. The van der Waals surface area contributed by atoms with Gasteiger partial charge in [-0.2, -0.15) is 5.10 Å². The highest BCUT2D eigenvalue weighted by Gasteiger charge is 2.21. The molecule has 3 aromatic rings. The highest BCUT2D eigenvalue weighted by atomic mass is 127. The van der Waals surface area contributed by atoms with Crippen LogP contribution in [-0.2, 0) is 19.4 Å². The number of benzene rings is 1. The van der Waals surface area contributed by atoms with E-state index in [0.29, 0.717) is 6.54 Å². The van der Waals surface area contributed by atoms with Crippen molar-refractivity contribution in [1.82, 2.24) is 25.4 Å². The number of guanidine groups is 1. The minimum Gasteiger partial charge on any atom is -0.469 e. The summed E-state index contributed by atoms with van der Waals surface area (Å²) in [5, 5.41) is 11.4. The fourth-order valence-electron chi connectivity index (χ4n) is 3.44. The van der Waals surface area contributed by atoms with E-state index in [2.05, 4.69) is 51.9 Å². The van der Waals surface area contributed by atoms with Gasteiger partial charge < -0.3 is 15.1 Å². The summed E-state index contributed by atoms with van der Waals surface area (Å²) >= 11 is 0. The molecule has 29 heavy (non-hydrogen) atoms. The van der Waals surface area contributed by atoms with Gasteiger partial charge in [0.15, 0.2) is 5.96 Å². The quantitative estimate of drug-likeness (QED) is 0.305. The molecule has 2 atom stereocenters. The van der Waals surface area contributed by atoms with E-state index in [-0.39, 0.29) is 36.1 Å². The molecule has 0 saturated carbocycles. The molecular weight excluding hydrogens is 479 g/mol. The van der Waals surface area contributed by atoms with Crippen molar-refractivity contribution in [3.8, 4) is 0 Å². The molecule has 8 heteroatoms. The number of fused-ring (bicyclic) bond motifs is 1. The van der Waals surface area contributed by atoms with Gasteiger partial charge in [0.2, 0.25) is 0 Å². The number of aryl methyl sites for hydroxylation is 1. The first kappa shape index (κ1) is 21.4. The van der Waals surface area contributed by atoms with E-state index in [1.165, 1.54) is 5.56 Å². The molecule has 0 aliphatic carbocycles. The fraction of sp³-hybridized carbons (Fsp3) is 0.381. The summed E-state index contributed by atoms with van der Waals surface area (Å²) < 4.78 is 7.39. The van der Waals surface area contributed by atoms with E-state index in [0.717, 1.165) is 43.4 Å². The molecule has 1 aliphatic rings. The average Bonchev–Trinajstić information content (AvgIpc) is 3.40. The summed E-state index contributed by atoms with van der Waals surface area (Å²) in [5.41, 5.74) is 1.23. The Morgan fingerprint density at radius 3 is 2.93 bits per heavy atom. The van der Waals surface area contributed by atoms with Gasteiger partial charge in [-0.05, 0) is 31.0 Å². The first-order chi connectivity index (χ1) is 13.8. The lowest BCUT2D eigenvalue weighted by molar-refractivity contribution is 0.391. The second kappa shape index (κ2) is 10.4. The van der Waals surface area contributed by atoms with Gasteiger partial charge in [0, 0.05) is 25.4 Å². The summed E-state index contributed by atoms with van der Waals surface area (Å²) in [6, 6.07) is 14.7. The molecule has 0 radical (unpaired) electrons. The lowest BCUT2D eigenvalue weighted by atomic mass is 10.1. The lowest BCUT2D eigenvalue weighted by Gasteiger charge is -2.27. The van der Waals surface area contributed by atoms with Crippen LogP contribution in [0.5, 0.6) is 0 Å². The maximum atomic E-state index is 5.42. The monoisotopic (exact) mass is 506 g/mol. The topological polar surface area (TPSA) is 80.3 Å². The number of rotatable bonds is 6. The van der Waals surface area contributed by atoms with Gasteiger partial charge in [-0.3, -0.25) is 4.99 Å². The van der Waals surface area contributed by atoms with E-state index in [1.807, 2.05) is 22.9 Å². The minimum atomic E-state index is 0. The second-order valence-electron chi connectivity index (χ2n) is 7.07. The van der Waals surface area contributed by atoms with Crippen molar-refractivity contribution in [2.75, 3.05) is 6.54 Å². The molecule has 0 spiro atoms. The third-order valence-electron chi connectivity index (χ3n) is 5.01. The number of nitrogens with zero attached hydrogens (tertiary/aromatic N) is 4. The molecule has 2 N–H and O–H groups in total. The molecule has 0 saturated heterocycles. The molecule has 1 aliphatic heterocycles. The van der Waals surface area contributed by atoms with Crippen molar-refractivity contribution in [1.29, 1.82) is 0 Å². The van der Waals surface area contributed by atoms with Crippen LogP contribution in [0.2, 0.25) is 0 Å². The molecule has 154 valence electrons. The average molecular weight is 506 g/mol. The number of halogens is 1. The van der Waals surface area contributed by atoms with Crippen LogP contribution in [0.15, 0.2) is 64.5 Å². The van der Waals surface area contributed by atoms with Crippen LogP contribution in [0.3, 0.4) is 0 Å². The van der Waals surface area contributed by atoms with Crippen LogP contribution in [0.1, 0.15) is 36.5 Å². The van der Waals surface area contributed by atoms with E-state index >= 15 is 0 Å². The molecular formula is C21H27IN6O. The normalized spacial score (nSPS) is 17.1. The minimum absolute atomic E-state index is 0. The summed E-state index contributed by atoms with van der Waals surface area (Å²) in [5.74, 6) is 2.82. The van der Waals surface area contributed by atoms with Gasteiger partial charge in [-0.25, -0.2) is 9.67 Å². The van der Waals surface area contributed by atoms with Crippen LogP contribution in [0.25, 0.3) is 0 Å². The predicted molar refractivity (Wildman–Crippen MR) is 123 cm³/mol. The Kier molecular flexibility index (Phi) is 7.68. The Labute approximate surface area is 188 Å². The zero-order valence-corrected chi connectivity index (χ0v) is 18.8. The predicted octanol–water partition coefficient (Wildman–Crippen LogP) is 3.34. The molecule has 7 nitrogen and oxygen atoms in total. The Bertz CT molecular complexity index is 893. The molecule has 3 heterocycles. The maximum Gasteiger partial charge on any atom is 0.192 e. The summed E-state index contributed by atoms with van der Waals surface area (Å²) in [7, 11) is 0. The number of furan rings is 1. The van der Waals surface area contributed by atoms with E-state index in [9.17, 15) is 0 Å². The molecule has 0 bridgehead atoms. The standard InChI is InChI=1S/C21H26N6O.HI/c1-16(17-6-3-2-4-7-17)25-21(22-12-11-19-8-5-13-28-19)26-18-9-10-20-23-15-24-27(20)14-18;/h2-8,13,15-16,18H,9-12,14H2,1H3,(H2,22,25,26);1H. The van der Waals surface area contributed by atoms with E-state index in [1.54, 1.807) is 12.6 Å². The maximum absolute atomic E-state index is 5.42. The zero-order chi connectivity index (χ0) is 19.2.